The first kappa shape index (κ1) is 103. The predicted octanol–water partition coefficient (Wildman–Crippen LogP) is 5.70. The molecule has 0 aromatic heterocycles. The van der Waals surface area contributed by atoms with Crippen LogP contribution in [-0.4, -0.2) is 299 Å². The van der Waals surface area contributed by atoms with Gasteiger partial charge in [-0.2, -0.15) is 0 Å². The predicted molar refractivity (Wildman–Crippen MR) is 424 cm³/mol. The Bertz CT molecular complexity index is 3280. The number of benzene rings is 4. The van der Waals surface area contributed by atoms with Crippen LogP contribution in [0.2, 0.25) is 0 Å². The quantitative estimate of drug-likeness (QED) is 0.0178. The van der Waals surface area contributed by atoms with Gasteiger partial charge in [-0.25, -0.2) is 0 Å². The van der Waals surface area contributed by atoms with Crippen molar-refractivity contribution in [3.8, 4) is 23.0 Å². The minimum absolute atomic E-state index is 0.00698. The third-order valence-electron chi connectivity index (χ3n) is 16.4. The van der Waals surface area contributed by atoms with Gasteiger partial charge >= 0.3 is 47.8 Å². The molecule has 672 valence electrons. The first-order valence-corrected chi connectivity index (χ1v) is 39.4. The summed E-state index contributed by atoms with van der Waals surface area (Å²) < 4.78 is 111. The molecule has 0 bridgehead atoms. The van der Waals surface area contributed by atoms with Crippen LogP contribution in [0, 0.1) is 5.41 Å². The smallest absolute Gasteiger partial charge is 0.306 e. The Labute approximate surface area is 702 Å². The van der Waals surface area contributed by atoms with E-state index in [1.807, 2.05) is 0 Å². The van der Waals surface area contributed by atoms with Crippen LogP contribution in [0.15, 0.2) is 97.1 Å². The molecule has 0 aliphatic heterocycles. The van der Waals surface area contributed by atoms with Crippen LogP contribution < -0.4 is 18.9 Å². The molecule has 4 aromatic carbocycles. The molecule has 4 N–H and O–H groups in total. The molecule has 0 fully saturated rings. The molecule has 0 radical (unpaired) electrons. The van der Waals surface area contributed by atoms with Gasteiger partial charge in [0.1, 0.15) is 125 Å². The van der Waals surface area contributed by atoms with Crippen molar-refractivity contribution in [2.45, 2.75) is 129 Å². The van der Waals surface area contributed by atoms with Crippen LogP contribution in [0.4, 0.5) is 0 Å². The molecular weight excluding hydrogens is 1600 g/mol. The summed E-state index contributed by atoms with van der Waals surface area (Å²) in [5.41, 5.74) is -6.05. The molecule has 0 amide bonds. The number of ether oxygens (including phenoxy) is 20. The van der Waals surface area contributed by atoms with E-state index in [1.54, 1.807) is 48.5 Å². The summed E-state index contributed by atoms with van der Waals surface area (Å²) in [7, 11) is 0. The van der Waals surface area contributed by atoms with Gasteiger partial charge in [0.15, 0.2) is 23.1 Å². The van der Waals surface area contributed by atoms with Crippen LogP contribution >= 0.6 is 0 Å². The highest BCUT2D eigenvalue weighted by atomic mass is 16.6. The fourth-order valence-electron chi connectivity index (χ4n) is 10.0. The van der Waals surface area contributed by atoms with Crippen LogP contribution in [-0.2, 0) is 114 Å². The molecule has 4 rings (SSSR count). The van der Waals surface area contributed by atoms with Crippen molar-refractivity contribution >= 4 is 70.9 Å². The standard InChI is InChI=1S/C85H116O36/c1-81(2,98)77(94)61-9-17-65(18-10-61)110-49-53-118-73(90)29-25-69(86)114-45-41-102-33-37-106-57-85(58-107-38-34-103-42-46-115-70(87)26-30-74(91)119-54-50-111-66-19-11-62(12-20-66)78(95)82(3,4)99,59-108-39-35-104-43-47-116-71(88)27-31-75(92)120-55-51-112-67-21-13-63(14-22-67)79(96)83(5,6)100)60-109-40-36-105-44-48-117-72(89)28-32-76(93)121-56-52-113-68-23-15-64(16-24-68)80(97)84(7,8)101/h9-24,98-101H,25-60H2,1-8H3. The summed E-state index contributed by atoms with van der Waals surface area (Å²) in [5, 5.41) is 39.9. The van der Waals surface area contributed by atoms with Gasteiger partial charge in [0.2, 0.25) is 0 Å². The lowest BCUT2D eigenvalue weighted by atomic mass is 9.92. The average molecular weight is 1710 g/mol. The maximum absolute atomic E-state index is 12.5. The Morgan fingerprint density at radius 2 is 0.347 bits per heavy atom. The van der Waals surface area contributed by atoms with Gasteiger partial charge in [0.05, 0.1) is 162 Å². The number of hydrogen-bond acceptors (Lipinski definition) is 36. The highest BCUT2D eigenvalue weighted by Gasteiger charge is 2.34. The van der Waals surface area contributed by atoms with Crippen molar-refractivity contribution < 1.29 is 173 Å². The first-order valence-electron chi connectivity index (χ1n) is 39.4. The van der Waals surface area contributed by atoms with Crippen LogP contribution in [0.5, 0.6) is 23.0 Å². The monoisotopic (exact) mass is 1710 g/mol. The van der Waals surface area contributed by atoms with E-state index in [1.165, 1.54) is 104 Å². The van der Waals surface area contributed by atoms with Gasteiger partial charge in [-0.05, 0) is 152 Å². The second-order valence-electron chi connectivity index (χ2n) is 29.0. The summed E-state index contributed by atoms with van der Waals surface area (Å²) in [4.78, 5) is 148. The largest absolute Gasteiger partial charge is 0.490 e. The Hall–Kier alpha value is -9.96. The van der Waals surface area contributed by atoms with E-state index in [-0.39, 0.29) is 236 Å². The molecule has 121 heavy (non-hydrogen) atoms. The van der Waals surface area contributed by atoms with E-state index >= 15 is 0 Å². The molecule has 0 saturated carbocycles. The summed E-state index contributed by atoms with van der Waals surface area (Å²) in [6.07, 6.45) is -2.12. The molecule has 0 unspecified atom stereocenters. The van der Waals surface area contributed by atoms with E-state index in [0.29, 0.717) is 45.3 Å². The maximum atomic E-state index is 12.5. The molecule has 0 heterocycles. The summed E-state index contributed by atoms with van der Waals surface area (Å²) in [5.74, 6) is -5.56. The number of hydrogen-bond donors (Lipinski definition) is 4. The third kappa shape index (κ3) is 46.6. The van der Waals surface area contributed by atoms with Gasteiger partial charge in [0.25, 0.3) is 0 Å². The zero-order chi connectivity index (χ0) is 89.0. The lowest BCUT2D eigenvalue weighted by Gasteiger charge is -2.33. The highest BCUT2D eigenvalue weighted by Crippen LogP contribution is 2.24. The van der Waals surface area contributed by atoms with E-state index in [9.17, 15) is 78.0 Å². The fourth-order valence-corrected chi connectivity index (χ4v) is 10.0. The van der Waals surface area contributed by atoms with Crippen molar-refractivity contribution in [3.63, 3.8) is 0 Å². The Morgan fingerprint density at radius 1 is 0.207 bits per heavy atom. The highest BCUT2D eigenvalue weighted by molar-refractivity contribution is 6.03. The Morgan fingerprint density at radius 3 is 0.504 bits per heavy atom. The van der Waals surface area contributed by atoms with Gasteiger partial charge < -0.3 is 115 Å². The molecular formula is C85H116O36. The number of carbonyl (C=O) groups excluding carboxylic acids is 12. The Balaban J connectivity index is 1.26. The summed E-state index contributed by atoms with van der Waals surface area (Å²) in [6.45, 7) is 9.81. The van der Waals surface area contributed by atoms with Crippen molar-refractivity contribution in [1.82, 2.24) is 0 Å². The minimum Gasteiger partial charge on any atom is -0.490 e. The number of carbonyl (C=O) groups is 12. The normalized spacial score (nSPS) is 11.7. The third-order valence-corrected chi connectivity index (χ3v) is 16.4. The lowest BCUT2D eigenvalue weighted by molar-refractivity contribution is -0.152. The van der Waals surface area contributed by atoms with Gasteiger partial charge in [-0.1, -0.05) is 0 Å². The second-order valence-corrected chi connectivity index (χ2v) is 29.0. The number of ketones is 4. The molecule has 4 aromatic rings. The number of Topliss-reactive ketones (excluding diaryl/α,β-unsaturated/α-hetero) is 4. The minimum atomic E-state index is -1.54. The Kier molecular flexibility index (Phi) is 48.4. The second kappa shape index (κ2) is 56.6. The molecule has 36 nitrogen and oxygen atoms in total. The van der Waals surface area contributed by atoms with Crippen molar-refractivity contribution in [2.24, 2.45) is 5.41 Å². The topological polar surface area (TPSA) is 470 Å². The molecule has 0 aliphatic rings. The average Bonchev–Trinajstić information content (AvgIpc) is 0.900. The van der Waals surface area contributed by atoms with E-state index in [4.69, 9.17) is 94.7 Å². The fraction of sp³-hybridized carbons (Fsp3) is 0.576. The van der Waals surface area contributed by atoms with E-state index < -0.39 is 98.7 Å². The number of esters is 8. The van der Waals surface area contributed by atoms with E-state index in [2.05, 4.69) is 0 Å². The van der Waals surface area contributed by atoms with Crippen LogP contribution in [0.3, 0.4) is 0 Å². The van der Waals surface area contributed by atoms with Gasteiger partial charge in [-0.3, -0.25) is 57.5 Å². The molecule has 0 saturated heterocycles. The summed E-state index contributed by atoms with van der Waals surface area (Å²) in [6, 6.07) is 24.4. The zero-order valence-electron chi connectivity index (χ0n) is 70.0. The van der Waals surface area contributed by atoms with Crippen molar-refractivity contribution in [1.29, 1.82) is 0 Å². The SMILES string of the molecule is CC(C)(O)C(=O)c1ccc(OCCOC(=O)CCC(=O)OCCOCCOCC(COCCOCCOC(=O)CCC(=O)OCCOc2ccc(C(=O)C(C)(C)O)cc2)(COCCOCCOC(=O)CCC(=O)OCCOc2ccc(C(=O)C(C)(C)O)cc2)COCCOCCOC(=O)CCC(=O)OCCOc2ccc(C(=O)C(C)(C)O)cc2)cc1. The zero-order valence-corrected chi connectivity index (χ0v) is 70.0. The number of aliphatic hydroxyl groups is 4. The van der Waals surface area contributed by atoms with Crippen molar-refractivity contribution in [2.75, 3.05) is 185 Å². The van der Waals surface area contributed by atoms with Gasteiger partial charge in [-0.15, -0.1) is 0 Å². The lowest BCUT2D eigenvalue weighted by Crippen LogP contribution is -2.43. The number of rotatable bonds is 68. The van der Waals surface area contributed by atoms with E-state index in [0.717, 1.165) is 0 Å². The maximum Gasteiger partial charge on any atom is 0.306 e. The van der Waals surface area contributed by atoms with Crippen LogP contribution in [0.25, 0.3) is 0 Å². The summed E-state index contributed by atoms with van der Waals surface area (Å²) >= 11 is 0. The first-order chi connectivity index (χ1) is 57.5. The molecule has 0 aliphatic carbocycles. The molecule has 0 spiro atoms. The van der Waals surface area contributed by atoms with Crippen molar-refractivity contribution in [3.05, 3.63) is 119 Å². The van der Waals surface area contributed by atoms with Gasteiger partial charge in [0, 0.05) is 22.3 Å². The molecule has 0 atom stereocenters. The molecule has 36 heteroatoms. The van der Waals surface area contributed by atoms with Crippen LogP contribution in [0.1, 0.15) is 148 Å².